The van der Waals surface area contributed by atoms with Gasteiger partial charge in [-0.3, -0.25) is 0 Å². The van der Waals surface area contributed by atoms with Gasteiger partial charge in [0.2, 0.25) is 0 Å². The van der Waals surface area contributed by atoms with Crippen molar-refractivity contribution in [2.45, 2.75) is 12.5 Å². The Morgan fingerprint density at radius 2 is 2.38 bits per heavy atom. The Hall–Kier alpha value is -0.500. The van der Waals surface area contributed by atoms with Crippen molar-refractivity contribution in [2.75, 3.05) is 6.61 Å². The molecule has 4 heteroatoms. The smallest absolute Gasteiger partial charge is 0.155 e. The van der Waals surface area contributed by atoms with Crippen LogP contribution in [0.1, 0.15) is 18.1 Å². The minimum Gasteiger partial charge on any atom is -0.336 e. The lowest BCUT2D eigenvalue weighted by molar-refractivity contribution is 0.121. The molecule has 1 heterocycles. The van der Waals surface area contributed by atoms with Crippen molar-refractivity contribution in [3.8, 4) is 0 Å². The van der Waals surface area contributed by atoms with Crippen LogP contribution in [-0.4, -0.2) is 6.61 Å². The largest absolute Gasteiger partial charge is 0.336 e. The van der Waals surface area contributed by atoms with Crippen LogP contribution in [0, 0.1) is 5.82 Å². The van der Waals surface area contributed by atoms with Crippen LogP contribution in [0.15, 0.2) is 24.3 Å². The van der Waals surface area contributed by atoms with E-state index in [4.69, 9.17) is 9.05 Å². The molecule has 1 aliphatic heterocycles. The molecule has 0 aliphatic carbocycles. The highest BCUT2D eigenvalue weighted by Gasteiger charge is 2.16. The van der Waals surface area contributed by atoms with Gasteiger partial charge in [-0.15, -0.1) is 0 Å². The van der Waals surface area contributed by atoms with Crippen LogP contribution in [0.2, 0.25) is 0 Å². The van der Waals surface area contributed by atoms with Gasteiger partial charge in [0.1, 0.15) is 5.82 Å². The van der Waals surface area contributed by atoms with E-state index in [0.29, 0.717) is 6.61 Å². The van der Waals surface area contributed by atoms with Crippen molar-refractivity contribution in [2.24, 2.45) is 0 Å². The van der Waals surface area contributed by atoms with Crippen molar-refractivity contribution in [3.63, 3.8) is 0 Å². The molecule has 0 spiro atoms. The van der Waals surface area contributed by atoms with E-state index in [0.717, 1.165) is 12.0 Å². The van der Waals surface area contributed by atoms with Gasteiger partial charge in [-0.05, 0) is 17.7 Å². The molecule has 2 unspecified atom stereocenters. The predicted octanol–water partition coefficient (Wildman–Crippen LogP) is 2.81. The van der Waals surface area contributed by atoms with Crippen molar-refractivity contribution < 1.29 is 13.4 Å². The van der Waals surface area contributed by atoms with Gasteiger partial charge in [0, 0.05) is 6.42 Å². The van der Waals surface area contributed by atoms with Gasteiger partial charge in [-0.1, -0.05) is 12.1 Å². The number of halogens is 1. The third-order valence-electron chi connectivity index (χ3n) is 1.95. The van der Waals surface area contributed by atoms with E-state index in [1.165, 1.54) is 12.1 Å². The Morgan fingerprint density at radius 1 is 1.46 bits per heavy atom. The molecule has 1 aromatic carbocycles. The first-order chi connectivity index (χ1) is 6.36. The van der Waals surface area contributed by atoms with E-state index in [2.05, 4.69) is 0 Å². The molecule has 1 fully saturated rings. The second kappa shape index (κ2) is 4.14. The van der Waals surface area contributed by atoms with Crippen molar-refractivity contribution in [1.82, 2.24) is 0 Å². The standard InChI is InChI=1S/C9H10FO2P/c10-8-3-1-2-7(6-8)9-4-5-11-13-12-9/h1-3,6,9,13H,4-5H2. The van der Waals surface area contributed by atoms with E-state index in [9.17, 15) is 4.39 Å². The van der Waals surface area contributed by atoms with Gasteiger partial charge in [-0.2, -0.15) is 0 Å². The lowest BCUT2D eigenvalue weighted by Gasteiger charge is -2.22. The molecule has 0 N–H and O–H groups in total. The van der Waals surface area contributed by atoms with E-state index in [1.807, 2.05) is 6.07 Å². The summed E-state index contributed by atoms with van der Waals surface area (Å²) in [6.07, 6.45) is 0.805. The minimum absolute atomic E-state index is 0.00258. The molecular weight excluding hydrogens is 190 g/mol. The van der Waals surface area contributed by atoms with E-state index in [-0.39, 0.29) is 21.0 Å². The number of benzene rings is 1. The fraction of sp³-hybridized carbons (Fsp3) is 0.333. The summed E-state index contributed by atoms with van der Waals surface area (Å²) in [6.45, 7) is 0.694. The lowest BCUT2D eigenvalue weighted by Crippen LogP contribution is -2.07. The first-order valence-corrected chi connectivity index (χ1v) is 4.96. The third kappa shape index (κ3) is 2.25. The summed E-state index contributed by atoms with van der Waals surface area (Å²) in [7, 11) is 0.0819. The zero-order valence-electron chi connectivity index (χ0n) is 7.00. The van der Waals surface area contributed by atoms with Gasteiger partial charge in [0.25, 0.3) is 0 Å². The molecule has 13 heavy (non-hydrogen) atoms. The van der Waals surface area contributed by atoms with Gasteiger partial charge >= 0.3 is 0 Å². The molecule has 1 aliphatic rings. The Morgan fingerprint density at radius 3 is 3.08 bits per heavy atom. The summed E-state index contributed by atoms with van der Waals surface area (Å²) in [4.78, 5) is 0. The predicted molar refractivity (Wildman–Crippen MR) is 49.1 cm³/mol. The van der Waals surface area contributed by atoms with Gasteiger partial charge < -0.3 is 9.05 Å². The van der Waals surface area contributed by atoms with Gasteiger partial charge in [0.05, 0.1) is 12.7 Å². The van der Waals surface area contributed by atoms with Gasteiger partial charge in [0.15, 0.2) is 9.03 Å². The molecule has 0 amide bonds. The van der Waals surface area contributed by atoms with Crippen molar-refractivity contribution >= 4 is 9.03 Å². The summed E-state index contributed by atoms with van der Waals surface area (Å²) < 4.78 is 23.3. The number of rotatable bonds is 1. The molecule has 0 aromatic heterocycles. The Labute approximate surface area is 78.0 Å². The highest BCUT2D eigenvalue weighted by molar-refractivity contribution is 7.26. The second-order valence-corrected chi connectivity index (χ2v) is 3.57. The summed E-state index contributed by atoms with van der Waals surface area (Å²) in [5.74, 6) is -0.212. The minimum atomic E-state index is -0.212. The van der Waals surface area contributed by atoms with Crippen LogP contribution in [0.25, 0.3) is 0 Å². The van der Waals surface area contributed by atoms with E-state index in [1.54, 1.807) is 6.07 Å². The SMILES string of the molecule is Fc1cccc(C2CCOPO2)c1. The topological polar surface area (TPSA) is 18.5 Å². The first-order valence-electron chi connectivity index (χ1n) is 4.14. The quantitative estimate of drug-likeness (QED) is 0.649. The van der Waals surface area contributed by atoms with Crippen LogP contribution in [-0.2, 0) is 9.05 Å². The molecule has 2 atom stereocenters. The maximum Gasteiger partial charge on any atom is 0.155 e. The zero-order chi connectivity index (χ0) is 9.10. The van der Waals surface area contributed by atoms with Crippen molar-refractivity contribution in [3.05, 3.63) is 35.6 Å². The summed E-state index contributed by atoms with van der Waals surface area (Å²) in [5.41, 5.74) is 0.899. The zero-order valence-corrected chi connectivity index (χ0v) is 8.00. The van der Waals surface area contributed by atoms with E-state index >= 15 is 0 Å². The molecular formula is C9H10FO2P. The Bertz CT molecular complexity index is 287. The molecule has 1 saturated heterocycles. The molecule has 0 bridgehead atoms. The third-order valence-corrected chi connectivity index (χ3v) is 2.65. The highest BCUT2D eigenvalue weighted by atomic mass is 31.1. The van der Waals surface area contributed by atoms with Crippen LogP contribution in [0.3, 0.4) is 0 Å². The van der Waals surface area contributed by atoms with Crippen LogP contribution in [0.5, 0.6) is 0 Å². The molecule has 1 aromatic rings. The monoisotopic (exact) mass is 200 g/mol. The van der Waals surface area contributed by atoms with E-state index < -0.39 is 0 Å². The fourth-order valence-corrected chi connectivity index (χ4v) is 1.94. The summed E-state index contributed by atoms with van der Waals surface area (Å²) >= 11 is 0. The average Bonchev–Trinajstić information content (AvgIpc) is 2.19. The Balaban J connectivity index is 2.14. The normalized spacial score (nSPS) is 24.8. The van der Waals surface area contributed by atoms with Crippen LogP contribution >= 0.6 is 9.03 Å². The highest BCUT2D eigenvalue weighted by Crippen LogP contribution is 2.34. The average molecular weight is 200 g/mol. The number of hydrogen-bond donors (Lipinski definition) is 0. The molecule has 70 valence electrons. The van der Waals surface area contributed by atoms with Crippen LogP contribution < -0.4 is 0 Å². The van der Waals surface area contributed by atoms with Gasteiger partial charge in [-0.25, -0.2) is 4.39 Å². The van der Waals surface area contributed by atoms with Crippen molar-refractivity contribution in [1.29, 1.82) is 0 Å². The fourth-order valence-electron chi connectivity index (χ4n) is 1.30. The Kier molecular flexibility index (Phi) is 2.89. The second-order valence-electron chi connectivity index (χ2n) is 2.88. The molecule has 2 rings (SSSR count). The van der Waals surface area contributed by atoms with Crippen LogP contribution in [0.4, 0.5) is 4.39 Å². The maximum atomic E-state index is 12.8. The summed E-state index contributed by atoms with van der Waals surface area (Å²) in [6, 6.07) is 6.53. The maximum absolute atomic E-state index is 12.8. The lowest BCUT2D eigenvalue weighted by atomic mass is 10.1. The molecule has 0 saturated carbocycles. The molecule has 2 nitrogen and oxygen atoms in total. The molecule has 0 radical (unpaired) electrons. The first kappa shape index (κ1) is 9.07. The summed E-state index contributed by atoms with van der Waals surface area (Å²) in [5, 5.41) is 0. The number of hydrogen-bond acceptors (Lipinski definition) is 2.